The largest absolute Gasteiger partial charge is 0.497 e. The maximum absolute atomic E-state index is 13.8. The summed E-state index contributed by atoms with van der Waals surface area (Å²) >= 11 is 6.69. The first-order valence-corrected chi connectivity index (χ1v) is 16.0. The Bertz CT molecular complexity index is 1440. The molecule has 0 N–H and O–H groups in total. The van der Waals surface area contributed by atoms with Gasteiger partial charge in [-0.05, 0) is 80.2 Å². The van der Waals surface area contributed by atoms with Gasteiger partial charge in [0, 0.05) is 23.1 Å². The van der Waals surface area contributed by atoms with Crippen LogP contribution in [0.15, 0.2) is 95.7 Å². The van der Waals surface area contributed by atoms with Crippen LogP contribution in [-0.2, 0) is 29.0 Å². The molecule has 0 saturated heterocycles. The van der Waals surface area contributed by atoms with Gasteiger partial charge in [0.15, 0.2) is 0 Å². The van der Waals surface area contributed by atoms with Gasteiger partial charge in [-0.25, -0.2) is 4.68 Å². The molecule has 0 aliphatic heterocycles. The van der Waals surface area contributed by atoms with Crippen LogP contribution in [0.25, 0.3) is 0 Å². The number of ketones is 1. The molecule has 1 saturated carbocycles. The van der Waals surface area contributed by atoms with Crippen LogP contribution in [0.2, 0.25) is 0 Å². The predicted molar refractivity (Wildman–Crippen MR) is 178 cm³/mol. The van der Waals surface area contributed by atoms with Gasteiger partial charge in [-0.2, -0.15) is 0 Å². The summed E-state index contributed by atoms with van der Waals surface area (Å²) in [6.07, 6.45) is 12.1. The van der Waals surface area contributed by atoms with Crippen LogP contribution >= 0.6 is 11.6 Å². The minimum atomic E-state index is -0.649. The van der Waals surface area contributed by atoms with E-state index >= 15 is 0 Å². The zero-order valence-corrected chi connectivity index (χ0v) is 27.4. The molecule has 0 spiro atoms. The molecule has 1 aliphatic carbocycles. The maximum Gasteiger partial charge on any atom is 0.139 e. The SMILES string of the molecule is C=C(/C=C(COCc1ccc(OC)cc1)\C(Cl)=C/C)[C@@H](CCc1cn(C2CCC2)nn1)C(C)(C)C(=O)CCc1ccccc1. The molecule has 1 atom stereocenters. The predicted octanol–water partition coefficient (Wildman–Crippen LogP) is 8.63. The Labute approximate surface area is 267 Å². The molecule has 4 rings (SSSR count). The Kier molecular flexibility index (Phi) is 12.2. The Hall–Kier alpha value is -3.48. The van der Waals surface area contributed by atoms with Crippen LogP contribution in [0, 0.1) is 11.3 Å². The first kappa shape index (κ1) is 33.4. The Morgan fingerprint density at radius 1 is 1.11 bits per heavy atom. The van der Waals surface area contributed by atoms with Gasteiger partial charge in [0.05, 0.1) is 32.1 Å². The van der Waals surface area contributed by atoms with E-state index in [4.69, 9.17) is 21.1 Å². The van der Waals surface area contributed by atoms with Gasteiger partial charge < -0.3 is 9.47 Å². The standard InChI is InChI=1S/C37H46ClN3O3/c1-6-35(38)30(26-44-25-29-15-19-33(43-5)20-16-29)23-27(2)34(21-18-31-24-41(40-39-31)32-13-10-14-32)37(3,4)36(42)22-17-28-11-8-7-9-12-28/h6-9,11-12,15-16,19-20,23-24,32,34H,2,10,13-14,17-18,21-22,25-26H2,1,3-5H3/b30-23-,35-6+/t34-/m1/s1. The van der Waals surface area contributed by atoms with E-state index in [0.29, 0.717) is 43.6 Å². The van der Waals surface area contributed by atoms with Crippen molar-refractivity contribution < 1.29 is 14.3 Å². The molecule has 1 fully saturated rings. The number of ether oxygens (including phenoxy) is 2. The van der Waals surface area contributed by atoms with Gasteiger partial charge in [-0.1, -0.05) is 97.4 Å². The number of methoxy groups -OCH3 is 1. The molecule has 3 aromatic rings. The number of aromatic nitrogens is 3. The van der Waals surface area contributed by atoms with Crippen LogP contribution < -0.4 is 4.74 Å². The van der Waals surface area contributed by atoms with Crippen LogP contribution in [0.3, 0.4) is 0 Å². The van der Waals surface area contributed by atoms with Crippen LogP contribution in [0.5, 0.6) is 5.75 Å². The summed E-state index contributed by atoms with van der Waals surface area (Å²) in [5.41, 5.74) is 4.19. The summed E-state index contributed by atoms with van der Waals surface area (Å²) in [5.74, 6) is 0.895. The molecule has 234 valence electrons. The van der Waals surface area contributed by atoms with E-state index in [-0.39, 0.29) is 11.7 Å². The third kappa shape index (κ3) is 9.02. The van der Waals surface area contributed by atoms with Crippen molar-refractivity contribution in [1.82, 2.24) is 15.0 Å². The number of allylic oxidation sites excluding steroid dienone is 3. The number of carbonyl (C=O) groups is 1. The fourth-order valence-corrected chi connectivity index (χ4v) is 5.78. The van der Waals surface area contributed by atoms with Gasteiger partial charge in [0.1, 0.15) is 11.5 Å². The Morgan fingerprint density at radius 2 is 1.84 bits per heavy atom. The molecule has 2 aromatic carbocycles. The van der Waals surface area contributed by atoms with Crippen molar-refractivity contribution in [3.8, 4) is 5.75 Å². The van der Waals surface area contributed by atoms with E-state index in [9.17, 15) is 4.79 Å². The van der Waals surface area contributed by atoms with E-state index in [0.717, 1.165) is 53.0 Å². The number of rotatable bonds is 17. The molecule has 7 heteroatoms. The Morgan fingerprint density at radius 3 is 2.48 bits per heavy atom. The minimum absolute atomic E-state index is 0.127. The van der Waals surface area contributed by atoms with Crippen molar-refractivity contribution in [2.24, 2.45) is 11.3 Å². The second-order valence-corrected chi connectivity index (χ2v) is 12.6. The lowest BCUT2D eigenvalue weighted by Gasteiger charge is -2.34. The molecule has 0 bridgehead atoms. The maximum atomic E-state index is 13.8. The number of benzene rings is 2. The van der Waals surface area contributed by atoms with Gasteiger partial charge in [-0.3, -0.25) is 4.79 Å². The molecule has 0 amide bonds. The van der Waals surface area contributed by atoms with Crippen molar-refractivity contribution in [2.45, 2.75) is 78.4 Å². The van der Waals surface area contributed by atoms with Crippen LogP contribution in [0.1, 0.15) is 75.7 Å². The molecular formula is C37H46ClN3O3. The lowest BCUT2D eigenvalue weighted by atomic mass is 9.68. The summed E-state index contributed by atoms with van der Waals surface area (Å²) in [4.78, 5) is 13.8. The van der Waals surface area contributed by atoms with E-state index < -0.39 is 5.41 Å². The fourth-order valence-electron chi connectivity index (χ4n) is 5.67. The molecule has 1 aliphatic rings. The number of nitrogens with zero attached hydrogens (tertiary/aromatic N) is 3. The topological polar surface area (TPSA) is 66.2 Å². The zero-order valence-electron chi connectivity index (χ0n) is 26.6. The van der Waals surface area contributed by atoms with E-state index in [2.05, 4.69) is 35.2 Å². The summed E-state index contributed by atoms with van der Waals surface area (Å²) in [5, 5.41) is 9.46. The fraction of sp³-hybridized carbons (Fsp3) is 0.432. The summed E-state index contributed by atoms with van der Waals surface area (Å²) in [7, 11) is 1.65. The monoisotopic (exact) mass is 615 g/mol. The third-order valence-electron chi connectivity index (χ3n) is 8.82. The number of aryl methyl sites for hydroxylation is 2. The number of hydrogen-bond acceptors (Lipinski definition) is 5. The van der Waals surface area contributed by atoms with E-state index in [1.807, 2.05) is 80.1 Å². The number of halogens is 1. The highest BCUT2D eigenvalue weighted by Crippen LogP contribution is 2.39. The Balaban J connectivity index is 1.51. The van der Waals surface area contributed by atoms with Gasteiger partial charge in [-0.15, -0.1) is 5.10 Å². The van der Waals surface area contributed by atoms with Gasteiger partial charge >= 0.3 is 0 Å². The second kappa shape index (κ2) is 16.0. The summed E-state index contributed by atoms with van der Waals surface area (Å²) < 4.78 is 13.3. The van der Waals surface area contributed by atoms with Crippen molar-refractivity contribution in [1.29, 1.82) is 0 Å². The zero-order chi connectivity index (χ0) is 31.5. The number of hydrogen-bond donors (Lipinski definition) is 0. The normalized spacial score (nSPS) is 15.1. The molecule has 1 aromatic heterocycles. The summed E-state index contributed by atoms with van der Waals surface area (Å²) in [6, 6.07) is 18.4. The number of carbonyl (C=O) groups excluding carboxylic acids is 1. The molecule has 6 nitrogen and oxygen atoms in total. The van der Waals surface area contributed by atoms with Crippen molar-refractivity contribution >= 4 is 17.4 Å². The van der Waals surface area contributed by atoms with Crippen molar-refractivity contribution in [3.63, 3.8) is 0 Å². The molecular weight excluding hydrogens is 570 g/mol. The first-order valence-electron chi connectivity index (χ1n) is 15.6. The third-order valence-corrected chi connectivity index (χ3v) is 9.28. The molecule has 0 radical (unpaired) electrons. The molecule has 1 heterocycles. The van der Waals surface area contributed by atoms with Crippen molar-refractivity contribution in [2.75, 3.05) is 13.7 Å². The number of Topliss-reactive ketones (excluding diaryl/α,β-unsaturated/α-hetero) is 1. The highest BCUT2D eigenvalue weighted by atomic mass is 35.5. The van der Waals surface area contributed by atoms with Gasteiger partial charge in [0.25, 0.3) is 0 Å². The highest BCUT2D eigenvalue weighted by Gasteiger charge is 2.37. The quantitative estimate of drug-likeness (QED) is 0.142. The van der Waals surface area contributed by atoms with E-state index in [1.54, 1.807) is 7.11 Å². The minimum Gasteiger partial charge on any atom is -0.497 e. The van der Waals surface area contributed by atoms with Gasteiger partial charge in [0.2, 0.25) is 0 Å². The molecule has 44 heavy (non-hydrogen) atoms. The lowest BCUT2D eigenvalue weighted by Crippen LogP contribution is -2.34. The van der Waals surface area contributed by atoms with E-state index in [1.165, 1.54) is 6.42 Å². The molecule has 0 unspecified atom stereocenters. The average Bonchev–Trinajstić information content (AvgIpc) is 3.46. The summed E-state index contributed by atoms with van der Waals surface area (Å²) in [6.45, 7) is 11.3. The second-order valence-electron chi connectivity index (χ2n) is 12.2. The smallest absolute Gasteiger partial charge is 0.139 e. The average molecular weight is 616 g/mol. The van der Waals surface area contributed by atoms with Crippen LogP contribution in [-0.4, -0.2) is 34.5 Å². The lowest BCUT2D eigenvalue weighted by molar-refractivity contribution is -0.129. The van der Waals surface area contributed by atoms with Crippen molar-refractivity contribution in [3.05, 3.63) is 113 Å². The first-order chi connectivity index (χ1) is 21.2. The van der Waals surface area contributed by atoms with Crippen LogP contribution in [0.4, 0.5) is 0 Å². The highest BCUT2D eigenvalue weighted by molar-refractivity contribution is 6.32.